The van der Waals surface area contributed by atoms with Crippen molar-refractivity contribution in [3.05, 3.63) is 30.0 Å². The second-order valence-electron chi connectivity index (χ2n) is 3.15. The summed E-state index contributed by atoms with van der Waals surface area (Å²) in [4.78, 5) is 0. The highest BCUT2D eigenvalue weighted by molar-refractivity contribution is 5.61. The number of aromatic hydroxyl groups is 1. The van der Waals surface area contributed by atoms with Gasteiger partial charge in [0.05, 0.1) is 5.69 Å². The van der Waals surface area contributed by atoms with E-state index in [0.29, 0.717) is 0 Å². The number of phenols is 1. The predicted octanol–water partition coefficient (Wildman–Crippen LogP) is 2.63. The number of rotatable bonds is 3. The number of allylic oxidation sites excluding steroid dienone is 1. The average Bonchev–Trinajstić information content (AvgIpc) is 2.32. The molecule has 0 bridgehead atoms. The number of alkyl halides is 3. The van der Waals surface area contributed by atoms with Crippen molar-refractivity contribution in [1.82, 2.24) is 0 Å². The Morgan fingerprint density at radius 3 is 2.47 bits per heavy atom. The van der Waals surface area contributed by atoms with E-state index >= 15 is 0 Å². The number of hydrogen-bond acceptors (Lipinski definition) is 5. The number of benzene rings is 1. The molecule has 0 aliphatic rings. The van der Waals surface area contributed by atoms with E-state index in [1.54, 1.807) is 0 Å². The van der Waals surface area contributed by atoms with Crippen molar-refractivity contribution in [2.75, 3.05) is 5.32 Å². The van der Waals surface area contributed by atoms with Gasteiger partial charge in [-0.25, -0.2) is 0 Å². The minimum atomic E-state index is -4.85. The van der Waals surface area contributed by atoms with Gasteiger partial charge in [-0.2, -0.15) is 10.5 Å². The predicted molar refractivity (Wildman–Crippen MR) is 57.7 cm³/mol. The van der Waals surface area contributed by atoms with E-state index in [1.807, 2.05) is 0 Å². The van der Waals surface area contributed by atoms with E-state index in [0.717, 1.165) is 24.4 Å². The number of hydrogen-bond donors (Lipinski definition) is 2. The molecular weight excluding hydrogens is 263 g/mol. The number of nitrogens with one attached hydrogen (secondary N) is 1. The van der Waals surface area contributed by atoms with E-state index in [2.05, 4.69) is 10.1 Å². The van der Waals surface area contributed by atoms with Gasteiger partial charge >= 0.3 is 6.36 Å². The maximum Gasteiger partial charge on any atom is 0.573 e. The SMILES string of the molecule is N#CC(C#N)=CNc1cc(OC(F)(F)F)ccc1O. The van der Waals surface area contributed by atoms with Gasteiger partial charge in [-0.1, -0.05) is 0 Å². The maximum absolute atomic E-state index is 12.0. The molecule has 0 spiro atoms. The highest BCUT2D eigenvalue weighted by atomic mass is 19.4. The van der Waals surface area contributed by atoms with Gasteiger partial charge < -0.3 is 15.2 Å². The fourth-order valence-corrected chi connectivity index (χ4v) is 1.07. The van der Waals surface area contributed by atoms with Crippen LogP contribution < -0.4 is 10.1 Å². The molecule has 5 nitrogen and oxygen atoms in total. The van der Waals surface area contributed by atoms with E-state index < -0.39 is 12.1 Å². The van der Waals surface area contributed by atoms with Crippen LogP contribution in [-0.4, -0.2) is 11.5 Å². The van der Waals surface area contributed by atoms with Gasteiger partial charge in [0.2, 0.25) is 0 Å². The van der Waals surface area contributed by atoms with Crippen LogP contribution in [0.15, 0.2) is 30.0 Å². The standard InChI is InChI=1S/C11H6F3N3O2/c12-11(13,14)19-8-1-2-10(18)9(3-8)17-6-7(4-15)5-16/h1-3,6,17-18H. The van der Waals surface area contributed by atoms with Crippen LogP contribution in [0.3, 0.4) is 0 Å². The van der Waals surface area contributed by atoms with Gasteiger partial charge in [-0.15, -0.1) is 13.2 Å². The molecule has 1 rings (SSSR count). The van der Waals surface area contributed by atoms with Gasteiger partial charge in [0.1, 0.15) is 29.2 Å². The lowest BCUT2D eigenvalue weighted by atomic mass is 10.2. The van der Waals surface area contributed by atoms with Crippen molar-refractivity contribution >= 4 is 5.69 Å². The third kappa shape index (κ3) is 4.48. The van der Waals surface area contributed by atoms with E-state index in [1.165, 1.54) is 12.1 Å². The first kappa shape index (κ1) is 14.2. The summed E-state index contributed by atoms with van der Waals surface area (Å²) in [5.41, 5.74) is -0.439. The summed E-state index contributed by atoms with van der Waals surface area (Å²) in [5.74, 6) is -0.905. The Labute approximate surface area is 105 Å². The quantitative estimate of drug-likeness (QED) is 0.650. The van der Waals surface area contributed by atoms with Crippen molar-refractivity contribution in [2.45, 2.75) is 6.36 Å². The number of nitriles is 2. The zero-order chi connectivity index (χ0) is 14.5. The summed E-state index contributed by atoms with van der Waals surface area (Å²) in [6.07, 6.45) is -3.90. The monoisotopic (exact) mass is 269 g/mol. The molecule has 1 aromatic carbocycles. The Bertz CT molecular complexity index is 566. The molecular formula is C11H6F3N3O2. The van der Waals surface area contributed by atoms with Gasteiger partial charge in [0, 0.05) is 12.3 Å². The van der Waals surface area contributed by atoms with Crippen LogP contribution in [0.5, 0.6) is 11.5 Å². The van der Waals surface area contributed by atoms with Crippen LogP contribution in [0.25, 0.3) is 0 Å². The first-order chi connectivity index (χ1) is 8.85. The summed E-state index contributed by atoms with van der Waals surface area (Å²) in [7, 11) is 0. The van der Waals surface area contributed by atoms with Gasteiger partial charge in [0.15, 0.2) is 0 Å². The number of anilines is 1. The molecule has 0 aromatic heterocycles. The second-order valence-corrected chi connectivity index (χ2v) is 3.15. The minimum absolute atomic E-state index is 0.134. The van der Waals surface area contributed by atoms with Crippen LogP contribution in [0, 0.1) is 22.7 Å². The fourth-order valence-electron chi connectivity index (χ4n) is 1.07. The normalized spacial score (nSPS) is 9.95. The van der Waals surface area contributed by atoms with Crippen molar-refractivity contribution in [2.24, 2.45) is 0 Å². The van der Waals surface area contributed by atoms with Crippen LogP contribution >= 0.6 is 0 Å². The summed E-state index contributed by atoms with van der Waals surface area (Å²) >= 11 is 0. The third-order valence-electron chi connectivity index (χ3n) is 1.81. The number of ether oxygens (including phenoxy) is 1. The van der Waals surface area contributed by atoms with Gasteiger partial charge in [0.25, 0.3) is 0 Å². The van der Waals surface area contributed by atoms with Crippen LogP contribution in [-0.2, 0) is 0 Å². The Morgan fingerprint density at radius 1 is 1.32 bits per heavy atom. The molecule has 0 heterocycles. The Morgan fingerprint density at radius 2 is 1.95 bits per heavy atom. The van der Waals surface area contributed by atoms with Crippen LogP contribution in [0.4, 0.5) is 18.9 Å². The molecule has 2 N–H and O–H groups in total. The Balaban J connectivity index is 2.96. The van der Waals surface area contributed by atoms with Crippen molar-refractivity contribution in [3.63, 3.8) is 0 Å². The smallest absolute Gasteiger partial charge is 0.506 e. The van der Waals surface area contributed by atoms with Crippen molar-refractivity contribution < 1.29 is 23.0 Å². The molecule has 8 heteroatoms. The zero-order valence-corrected chi connectivity index (χ0v) is 9.19. The molecule has 0 radical (unpaired) electrons. The van der Waals surface area contributed by atoms with E-state index in [9.17, 15) is 18.3 Å². The summed E-state index contributed by atoms with van der Waals surface area (Å²) in [5, 5.41) is 28.7. The van der Waals surface area contributed by atoms with Crippen LogP contribution in [0.1, 0.15) is 0 Å². The first-order valence-electron chi connectivity index (χ1n) is 4.71. The summed E-state index contributed by atoms with van der Waals surface area (Å²) < 4.78 is 39.6. The molecule has 0 fully saturated rings. The number of nitrogens with zero attached hydrogens (tertiary/aromatic N) is 2. The third-order valence-corrected chi connectivity index (χ3v) is 1.81. The molecule has 0 saturated carbocycles. The molecule has 19 heavy (non-hydrogen) atoms. The molecule has 0 aliphatic heterocycles. The van der Waals surface area contributed by atoms with Gasteiger partial charge in [-0.05, 0) is 12.1 Å². The lowest BCUT2D eigenvalue weighted by molar-refractivity contribution is -0.274. The molecule has 0 saturated heterocycles. The van der Waals surface area contributed by atoms with Gasteiger partial charge in [-0.3, -0.25) is 0 Å². The van der Waals surface area contributed by atoms with E-state index in [4.69, 9.17) is 10.5 Å². The number of phenolic OH excluding ortho intramolecular Hbond substituents is 1. The second kappa shape index (κ2) is 5.65. The molecule has 1 aromatic rings. The topological polar surface area (TPSA) is 89.1 Å². The summed E-state index contributed by atoms with van der Waals surface area (Å²) in [6.45, 7) is 0. The molecule has 0 amide bonds. The highest BCUT2D eigenvalue weighted by Crippen LogP contribution is 2.31. The maximum atomic E-state index is 12.0. The largest absolute Gasteiger partial charge is 0.573 e. The van der Waals surface area contributed by atoms with E-state index in [-0.39, 0.29) is 17.0 Å². The zero-order valence-electron chi connectivity index (χ0n) is 9.19. The lowest BCUT2D eigenvalue weighted by Gasteiger charge is -2.11. The molecule has 0 atom stereocenters. The molecule has 0 unspecified atom stereocenters. The Hall–Kier alpha value is -2.87. The minimum Gasteiger partial charge on any atom is -0.506 e. The average molecular weight is 269 g/mol. The highest BCUT2D eigenvalue weighted by Gasteiger charge is 2.31. The first-order valence-corrected chi connectivity index (χ1v) is 4.71. The lowest BCUT2D eigenvalue weighted by Crippen LogP contribution is -2.17. The molecule has 0 aliphatic carbocycles. The summed E-state index contributed by atoms with van der Waals surface area (Å²) in [6, 6.07) is 5.86. The molecule has 98 valence electrons. The van der Waals surface area contributed by atoms with Crippen molar-refractivity contribution in [1.29, 1.82) is 10.5 Å². The van der Waals surface area contributed by atoms with Crippen LogP contribution in [0.2, 0.25) is 0 Å². The number of halogens is 3. The Kier molecular flexibility index (Phi) is 4.22. The fraction of sp³-hybridized carbons (Fsp3) is 0.0909. The van der Waals surface area contributed by atoms with Crippen molar-refractivity contribution in [3.8, 4) is 23.6 Å².